The minimum atomic E-state index is 0.802. The zero-order valence-corrected chi connectivity index (χ0v) is 9.42. The quantitative estimate of drug-likeness (QED) is 0.612. The van der Waals surface area contributed by atoms with Gasteiger partial charge in [-0.3, -0.25) is 0 Å². The summed E-state index contributed by atoms with van der Waals surface area (Å²) in [6.07, 6.45) is 1.08. The van der Waals surface area contributed by atoms with E-state index in [0.29, 0.717) is 0 Å². The standard InChI is InChI=1S/C9H10O.C4H10/c1-2-4-9-7-10-6-5-8(9)3-1;1-4(2)3/h1-4H,5-7H2;4H,1-3H3. The lowest BCUT2D eigenvalue weighted by molar-refractivity contribution is 0.111. The van der Waals surface area contributed by atoms with Crippen molar-refractivity contribution in [2.45, 2.75) is 33.8 Å². The van der Waals surface area contributed by atoms with Gasteiger partial charge in [-0.15, -0.1) is 0 Å². The van der Waals surface area contributed by atoms with Gasteiger partial charge in [-0.25, -0.2) is 0 Å². The van der Waals surface area contributed by atoms with Crippen LogP contribution in [0.1, 0.15) is 31.9 Å². The number of fused-ring (bicyclic) bond motifs is 1. The zero-order valence-electron chi connectivity index (χ0n) is 9.42. The van der Waals surface area contributed by atoms with Crippen molar-refractivity contribution in [3.63, 3.8) is 0 Å². The van der Waals surface area contributed by atoms with Gasteiger partial charge in [0.2, 0.25) is 0 Å². The molecule has 1 aliphatic rings. The summed E-state index contributed by atoms with van der Waals surface area (Å²) in [4.78, 5) is 0. The van der Waals surface area contributed by atoms with E-state index in [2.05, 4.69) is 45.0 Å². The van der Waals surface area contributed by atoms with Gasteiger partial charge in [-0.1, -0.05) is 45.0 Å². The number of hydrogen-bond acceptors (Lipinski definition) is 1. The predicted molar refractivity (Wildman–Crippen MR) is 60.3 cm³/mol. The fourth-order valence-electron chi connectivity index (χ4n) is 1.31. The summed E-state index contributed by atoms with van der Waals surface area (Å²) in [6.45, 7) is 8.19. The Labute approximate surface area is 87.1 Å². The maximum atomic E-state index is 5.30. The molecule has 2 rings (SSSR count). The molecule has 1 heteroatoms. The summed E-state index contributed by atoms with van der Waals surface area (Å²) < 4.78 is 5.30. The lowest BCUT2D eigenvalue weighted by atomic mass is 10.0. The van der Waals surface area contributed by atoms with E-state index in [9.17, 15) is 0 Å². The second kappa shape index (κ2) is 5.82. The molecule has 1 aliphatic heterocycles. The molecule has 0 aliphatic carbocycles. The largest absolute Gasteiger partial charge is 0.376 e. The molecule has 0 aromatic heterocycles. The van der Waals surface area contributed by atoms with Gasteiger partial charge in [0.15, 0.2) is 0 Å². The smallest absolute Gasteiger partial charge is 0.0719 e. The Bertz CT molecular complexity index is 238. The van der Waals surface area contributed by atoms with Gasteiger partial charge in [0.05, 0.1) is 13.2 Å². The molecule has 0 bridgehead atoms. The highest BCUT2D eigenvalue weighted by Gasteiger charge is 2.06. The first-order valence-electron chi connectivity index (χ1n) is 5.34. The van der Waals surface area contributed by atoms with Crippen molar-refractivity contribution in [1.82, 2.24) is 0 Å². The number of rotatable bonds is 0. The molecule has 78 valence electrons. The van der Waals surface area contributed by atoms with Gasteiger partial charge >= 0.3 is 0 Å². The number of ether oxygens (including phenoxy) is 1. The Morgan fingerprint density at radius 2 is 1.64 bits per heavy atom. The van der Waals surface area contributed by atoms with Crippen molar-refractivity contribution in [2.75, 3.05) is 6.61 Å². The zero-order chi connectivity index (χ0) is 10.4. The van der Waals surface area contributed by atoms with E-state index in [4.69, 9.17) is 4.74 Å². The van der Waals surface area contributed by atoms with E-state index in [-0.39, 0.29) is 0 Å². The van der Waals surface area contributed by atoms with Gasteiger partial charge in [0.1, 0.15) is 0 Å². The monoisotopic (exact) mass is 192 g/mol. The minimum Gasteiger partial charge on any atom is -0.376 e. The molecular formula is C13H20O. The summed E-state index contributed by atoms with van der Waals surface area (Å²) in [7, 11) is 0. The molecule has 0 amide bonds. The highest BCUT2D eigenvalue weighted by molar-refractivity contribution is 5.27. The van der Waals surface area contributed by atoms with Gasteiger partial charge < -0.3 is 4.74 Å². The van der Waals surface area contributed by atoms with E-state index in [0.717, 1.165) is 25.6 Å². The minimum absolute atomic E-state index is 0.802. The average Bonchev–Trinajstić information content (AvgIpc) is 2.17. The molecule has 0 unspecified atom stereocenters. The third kappa shape index (κ3) is 3.93. The van der Waals surface area contributed by atoms with E-state index in [1.807, 2.05) is 0 Å². The van der Waals surface area contributed by atoms with Crippen molar-refractivity contribution in [1.29, 1.82) is 0 Å². The van der Waals surface area contributed by atoms with E-state index >= 15 is 0 Å². The molecule has 0 saturated carbocycles. The fourth-order valence-corrected chi connectivity index (χ4v) is 1.31. The highest BCUT2D eigenvalue weighted by Crippen LogP contribution is 2.14. The molecule has 14 heavy (non-hydrogen) atoms. The summed E-state index contributed by atoms with van der Waals surface area (Å²) in [5.41, 5.74) is 2.81. The molecule has 1 aromatic rings. The molecule has 1 aromatic carbocycles. The fraction of sp³-hybridized carbons (Fsp3) is 0.538. The maximum absolute atomic E-state index is 5.30. The van der Waals surface area contributed by atoms with Crippen molar-refractivity contribution in [3.8, 4) is 0 Å². The van der Waals surface area contributed by atoms with Crippen molar-refractivity contribution < 1.29 is 4.74 Å². The second-order valence-electron chi connectivity index (χ2n) is 4.30. The van der Waals surface area contributed by atoms with Gasteiger partial charge in [-0.05, 0) is 23.5 Å². The lowest BCUT2D eigenvalue weighted by Gasteiger charge is -2.14. The predicted octanol–water partition coefficient (Wildman–Crippen LogP) is 3.42. The first kappa shape index (κ1) is 11.3. The Balaban J connectivity index is 0.000000213. The Hall–Kier alpha value is -0.820. The third-order valence-electron chi connectivity index (χ3n) is 1.89. The molecule has 1 heterocycles. The van der Waals surface area contributed by atoms with Crippen LogP contribution in [0.15, 0.2) is 24.3 Å². The van der Waals surface area contributed by atoms with Gasteiger partial charge in [0.25, 0.3) is 0 Å². The van der Waals surface area contributed by atoms with E-state index in [1.165, 1.54) is 11.1 Å². The summed E-state index contributed by atoms with van der Waals surface area (Å²) in [6, 6.07) is 8.46. The molecular weight excluding hydrogens is 172 g/mol. The van der Waals surface area contributed by atoms with Crippen LogP contribution in [0.3, 0.4) is 0 Å². The summed E-state index contributed by atoms with van der Waals surface area (Å²) in [5, 5.41) is 0. The SMILES string of the molecule is CC(C)C.c1ccc2c(c1)CCOC2. The van der Waals surface area contributed by atoms with Crippen LogP contribution in [0.5, 0.6) is 0 Å². The molecule has 0 saturated heterocycles. The number of benzene rings is 1. The van der Waals surface area contributed by atoms with Crippen molar-refractivity contribution >= 4 is 0 Å². The normalized spacial score (nSPS) is 14.3. The summed E-state index contributed by atoms with van der Waals surface area (Å²) in [5.74, 6) is 0.833. The van der Waals surface area contributed by atoms with Crippen molar-refractivity contribution in [2.24, 2.45) is 5.92 Å². The van der Waals surface area contributed by atoms with Crippen molar-refractivity contribution in [3.05, 3.63) is 35.4 Å². The number of hydrogen-bond donors (Lipinski definition) is 0. The Kier molecular flexibility index (Phi) is 4.68. The third-order valence-corrected chi connectivity index (χ3v) is 1.89. The van der Waals surface area contributed by atoms with Gasteiger partial charge in [-0.2, -0.15) is 0 Å². The lowest BCUT2D eigenvalue weighted by Crippen LogP contribution is -2.08. The van der Waals surface area contributed by atoms with Crippen LogP contribution < -0.4 is 0 Å². The first-order chi connectivity index (χ1) is 6.70. The van der Waals surface area contributed by atoms with Gasteiger partial charge in [0, 0.05) is 0 Å². The van der Waals surface area contributed by atoms with Crippen LogP contribution in [0, 0.1) is 5.92 Å². The van der Waals surface area contributed by atoms with Crippen LogP contribution in [0.25, 0.3) is 0 Å². The van der Waals surface area contributed by atoms with Crippen LogP contribution in [-0.4, -0.2) is 6.61 Å². The highest BCUT2D eigenvalue weighted by atomic mass is 16.5. The Morgan fingerprint density at radius 1 is 1.07 bits per heavy atom. The van der Waals surface area contributed by atoms with Crippen LogP contribution in [0.4, 0.5) is 0 Å². The first-order valence-corrected chi connectivity index (χ1v) is 5.34. The molecule has 0 atom stereocenters. The second-order valence-corrected chi connectivity index (χ2v) is 4.30. The summed E-state index contributed by atoms with van der Waals surface area (Å²) >= 11 is 0. The van der Waals surface area contributed by atoms with E-state index < -0.39 is 0 Å². The van der Waals surface area contributed by atoms with E-state index in [1.54, 1.807) is 0 Å². The molecule has 1 nitrogen and oxygen atoms in total. The van der Waals surface area contributed by atoms with Crippen LogP contribution >= 0.6 is 0 Å². The van der Waals surface area contributed by atoms with Crippen LogP contribution in [-0.2, 0) is 17.8 Å². The maximum Gasteiger partial charge on any atom is 0.0719 e. The molecule has 0 N–H and O–H groups in total. The average molecular weight is 192 g/mol. The van der Waals surface area contributed by atoms with Crippen LogP contribution in [0.2, 0.25) is 0 Å². The topological polar surface area (TPSA) is 9.23 Å². The molecule has 0 spiro atoms. The Morgan fingerprint density at radius 3 is 2.21 bits per heavy atom. The molecule has 0 fully saturated rings. The molecule has 0 radical (unpaired) electrons.